The molecule has 1 aliphatic heterocycles. The molecule has 4 heteroatoms. The highest BCUT2D eigenvalue weighted by Crippen LogP contribution is 2.12. The number of nitrogens with zero attached hydrogens (tertiary/aromatic N) is 1. The van der Waals surface area contributed by atoms with Crippen molar-refractivity contribution >= 4 is 5.91 Å². The molecule has 1 amide bonds. The summed E-state index contributed by atoms with van der Waals surface area (Å²) in [5.74, 6) is 0.145. The summed E-state index contributed by atoms with van der Waals surface area (Å²) in [6.07, 6.45) is 2.96. The van der Waals surface area contributed by atoms with Gasteiger partial charge in [-0.25, -0.2) is 5.06 Å². The molecule has 1 saturated heterocycles. The first kappa shape index (κ1) is 11.5. The molecule has 0 aromatic rings. The van der Waals surface area contributed by atoms with Crippen LogP contribution in [0.1, 0.15) is 33.1 Å². The highest BCUT2D eigenvalue weighted by molar-refractivity contribution is 5.81. The van der Waals surface area contributed by atoms with Crippen LogP contribution >= 0.6 is 0 Å². The van der Waals surface area contributed by atoms with E-state index in [4.69, 9.17) is 10.6 Å². The zero-order valence-electron chi connectivity index (χ0n) is 9.03. The van der Waals surface area contributed by atoms with E-state index in [1.54, 1.807) is 0 Å². The van der Waals surface area contributed by atoms with E-state index in [0.717, 1.165) is 19.3 Å². The van der Waals surface area contributed by atoms with Gasteiger partial charge in [0, 0.05) is 6.54 Å². The minimum atomic E-state index is -0.418. The molecule has 1 aliphatic rings. The molecule has 1 fully saturated rings. The summed E-state index contributed by atoms with van der Waals surface area (Å²) in [6, 6.07) is -0.418. The molecule has 4 nitrogen and oxygen atoms in total. The summed E-state index contributed by atoms with van der Waals surface area (Å²) >= 11 is 0. The molecule has 0 aromatic heterocycles. The lowest BCUT2D eigenvalue weighted by molar-refractivity contribution is -0.199. The lowest BCUT2D eigenvalue weighted by Gasteiger charge is -2.29. The topological polar surface area (TPSA) is 55.6 Å². The second-order valence-corrected chi connectivity index (χ2v) is 3.89. The molecule has 0 aliphatic carbocycles. The van der Waals surface area contributed by atoms with Crippen molar-refractivity contribution in [1.82, 2.24) is 5.06 Å². The number of amides is 1. The molecular weight excluding hydrogens is 180 g/mol. The maximum atomic E-state index is 11.8. The third kappa shape index (κ3) is 2.69. The van der Waals surface area contributed by atoms with Crippen LogP contribution in [0.5, 0.6) is 0 Å². The summed E-state index contributed by atoms with van der Waals surface area (Å²) in [4.78, 5) is 17.0. The first-order valence-electron chi connectivity index (χ1n) is 5.36. The van der Waals surface area contributed by atoms with Crippen LogP contribution in [0.4, 0.5) is 0 Å². The summed E-state index contributed by atoms with van der Waals surface area (Å²) in [5.41, 5.74) is 5.83. The third-order valence-corrected chi connectivity index (χ3v) is 2.79. The van der Waals surface area contributed by atoms with Gasteiger partial charge in [-0.15, -0.1) is 0 Å². The summed E-state index contributed by atoms with van der Waals surface area (Å²) in [7, 11) is 0. The Morgan fingerprint density at radius 1 is 1.57 bits per heavy atom. The quantitative estimate of drug-likeness (QED) is 0.737. The van der Waals surface area contributed by atoms with Gasteiger partial charge in [0.05, 0.1) is 12.6 Å². The van der Waals surface area contributed by atoms with Gasteiger partial charge in [0.15, 0.2) is 0 Å². The molecule has 1 heterocycles. The second-order valence-electron chi connectivity index (χ2n) is 3.89. The summed E-state index contributed by atoms with van der Waals surface area (Å²) in [6.45, 7) is 5.35. The molecule has 2 N–H and O–H groups in total. The summed E-state index contributed by atoms with van der Waals surface area (Å²) < 4.78 is 0. The molecule has 14 heavy (non-hydrogen) atoms. The zero-order valence-corrected chi connectivity index (χ0v) is 9.03. The molecule has 2 atom stereocenters. The number of nitrogens with two attached hydrogens (primary N) is 1. The Morgan fingerprint density at radius 3 is 2.79 bits per heavy atom. The van der Waals surface area contributed by atoms with E-state index in [2.05, 4.69) is 0 Å². The minimum Gasteiger partial charge on any atom is -0.320 e. The number of hydrogen-bond donors (Lipinski definition) is 1. The van der Waals surface area contributed by atoms with E-state index >= 15 is 0 Å². The van der Waals surface area contributed by atoms with Gasteiger partial charge in [-0.3, -0.25) is 9.63 Å². The molecule has 0 bridgehead atoms. The van der Waals surface area contributed by atoms with E-state index < -0.39 is 6.04 Å². The summed E-state index contributed by atoms with van der Waals surface area (Å²) in [5, 5.41) is 1.43. The highest BCUT2D eigenvalue weighted by atomic mass is 16.7. The SMILES string of the molecule is CCC(C)[C@H](N)C(=O)N1CCCCO1. The van der Waals surface area contributed by atoms with Crippen molar-refractivity contribution in [3.63, 3.8) is 0 Å². The zero-order chi connectivity index (χ0) is 10.6. The molecular formula is C10H20N2O2. The molecule has 0 aromatic carbocycles. The first-order chi connectivity index (χ1) is 6.66. The van der Waals surface area contributed by atoms with Crippen LogP contribution in [0.3, 0.4) is 0 Å². The Labute approximate surface area is 85.3 Å². The van der Waals surface area contributed by atoms with Crippen LogP contribution in [0.2, 0.25) is 0 Å². The maximum absolute atomic E-state index is 11.8. The van der Waals surface area contributed by atoms with Gasteiger partial charge in [0.25, 0.3) is 5.91 Å². The molecule has 1 unspecified atom stereocenters. The van der Waals surface area contributed by atoms with Crippen LogP contribution in [0.15, 0.2) is 0 Å². The molecule has 1 rings (SSSR count). The molecule has 0 spiro atoms. The van der Waals surface area contributed by atoms with Gasteiger partial charge in [0.1, 0.15) is 0 Å². The number of hydrogen-bond acceptors (Lipinski definition) is 3. The monoisotopic (exact) mass is 200 g/mol. The van der Waals surface area contributed by atoms with Crippen LogP contribution in [-0.2, 0) is 9.63 Å². The Bertz CT molecular complexity index is 187. The first-order valence-corrected chi connectivity index (χ1v) is 5.36. The number of carbonyl (C=O) groups excluding carboxylic acids is 1. The lowest BCUT2D eigenvalue weighted by Crippen LogP contribution is -2.48. The van der Waals surface area contributed by atoms with Gasteiger partial charge >= 0.3 is 0 Å². The Hall–Kier alpha value is -0.610. The Balaban J connectivity index is 2.46. The fourth-order valence-electron chi connectivity index (χ4n) is 1.43. The van der Waals surface area contributed by atoms with Crippen molar-refractivity contribution in [2.75, 3.05) is 13.2 Å². The van der Waals surface area contributed by atoms with Gasteiger partial charge in [-0.05, 0) is 18.8 Å². The average Bonchev–Trinajstić information content (AvgIpc) is 2.27. The molecule has 0 saturated carbocycles. The van der Waals surface area contributed by atoms with E-state index in [1.807, 2.05) is 13.8 Å². The minimum absolute atomic E-state index is 0.0703. The largest absolute Gasteiger partial charge is 0.320 e. The number of hydroxylamine groups is 2. The average molecular weight is 200 g/mol. The highest BCUT2D eigenvalue weighted by Gasteiger charge is 2.26. The normalized spacial score (nSPS) is 21.8. The van der Waals surface area contributed by atoms with E-state index in [0.29, 0.717) is 13.2 Å². The van der Waals surface area contributed by atoms with Gasteiger partial charge in [0.2, 0.25) is 0 Å². The number of carbonyl (C=O) groups is 1. The Morgan fingerprint density at radius 2 is 2.29 bits per heavy atom. The van der Waals surface area contributed by atoms with Crippen molar-refractivity contribution in [2.45, 2.75) is 39.2 Å². The number of rotatable bonds is 3. The molecule has 82 valence electrons. The molecule has 0 radical (unpaired) electrons. The van der Waals surface area contributed by atoms with E-state index in [9.17, 15) is 4.79 Å². The van der Waals surface area contributed by atoms with Crippen molar-refractivity contribution in [1.29, 1.82) is 0 Å². The standard InChI is InChI=1S/C10H20N2O2/c1-3-8(2)9(11)10(13)12-6-4-5-7-14-12/h8-9H,3-7,11H2,1-2H3/t8?,9-/m0/s1. The Kier molecular flexibility index (Phi) is 4.35. The van der Waals surface area contributed by atoms with Crippen LogP contribution < -0.4 is 5.73 Å². The van der Waals surface area contributed by atoms with Crippen LogP contribution in [0, 0.1) is 5.92 Å². The van der Waals surface area contributed by atoms with Crippen molar-refractivity contribution in [2.24, 2.45) is 11.7 Å². The van der Waals surface area contributed by atoms with Crippen molar-refractivity contribution in [3.8, 4) is 0 Å². The fraction of sp³-hybridized carbons (Fsp3) is 0.900. The predicted molar refractivity (Wildman–Crippen MR) is 54.3 cm³/mol. The van der Waals surface area contributed by atoms with Crippen molar-refractivity contribution < 1.29 is 9.63 Å². The third-order valence-electron chi connectivity index (χ3n) is 2.79. The van der Waals surface area contributed by atoms with Crippen molar-refractivity contribution in [3.05, 3.63) is 0 Å². The second kappa shape index (κ2) is 5.32. The van der Waals surface area contributed by atoms with Gasteiger partial charge in [-0.1, -0.05) is 20.3 Å². The maximum Gasteiger partial charge on any atom is 0.263 e. The van der Waals surface area contributed by atoms with Gasteiger partial charge in [-0.2, -0.15) is 0 Å². The lowest BCUT2D eigenvalue weighted by atomic mass is 9.99. The predicted octanol–water partition coefficient (Wildman–Crippen LogP) is 0.914. The van der Waals surface area contributed by atoms with E-state index in [-0.39, 0.29) is 11.8 Å². The van der Waals surface area contributed by atoms with E-state index in [1.165, 1.54) is 5.06 Å². The van der Waals surface area contributed by atoms with Gasteiger partial charge < -0.3 is 5.73 Å². The van der Waals surface area contributed by atoms with Crippen LogP contribution in [-0.4, -0.2) is 30.2 Å². The smallest absolute Gasteiger partial charge is 0.263 e. The fourth-order valence-corrected chi connectivity index (χ4v) is 1.43. The van der Waals surface area contributed by atoms with Crippen LogP contribution in [0.25, 0.3) is 0 Å².